The Morgan fingerprint density at radius 3 is 2.68 bits per heavy atom. The van der Waals surface area contributed by atoms with E-state index in [1.54, 1.807) is 29.2 Å². The van der Waals surface area contributed by atoms with Crippen molar-refractivity contribution in [1.82, 2.24) is 10.2 Å². The summed E-state index contributed by atoms with van der Waals surface area (Å²) in [6.45, 7) is 0.606. The number of nitrogens with two attached hydrogens (primary N) is 1. The van der Waals surface area contributed by atoms with Gasteiger partial charge in [0.15, 0.2) is 0 Å². The molecule has 2 heterocycles. The van der Waals surface area contributed by atoms with Crippen molar-refractivity contribution in [3.63, 3.8) is 0 Å². The molecular weight excluding hydrogens is 255 g/mol. The third kappa shape index (κ3) is 2.56. The van der Waals surface area contributed by atoms with Crippen molar-refractivity contribution in [2.45, 2.75) is 18.5 Å². The maximum absolute atomic E-state index is 12.0. The standard InChI is InChI=1S/C12H14N4O2.Na/c13-7-1-3-8(4-2-7)14-12(18)16-6-5-9-10(16)11(17)15-9;/h1-4,9-10H,5-6,13H2,(H,14,18)(H,15,17);/t9-,10+;/m1./s1. The molecule has 2 fully saturated rings. The monoisotopic (exact) mass is 269 g/mol. The molecule has 7 heteroatoms. The quantitative estimate of drug-likeness (QED) is 0.381. The summed E-state index contributed by atoms with van der Waals surface area (Å²) in [6.07, 6.45) is 0.825. The van der Waals surface area contributed by atoms with E-state index in [0.717, 1.165) is 6.42 Å². The van der Waals surface area contributed by atoms with Gasteiger partial charge in [-0.1, -0.05) is 0 Å². The Hall–Kier alpha value is -1.24. The van der Waals surface area contributed by atoms with E-state index in [1.165, 1.54) is 0 Å². The molecule has 1 aromatic rings. The molecule has 3 rings (SSSR count). The smallest absolute Gasteiger partial charge is 0.322 e. The first-order chi connectivity index (χ1) is 8.65. The SMILES string of the molecule is Nc1ccc(NC(=O)N2CC[C@H]3NC(=O)[C@H]32)cc1.[Na]. The number of nitrogens with one attached hydrogen (secondary N) is 2. The van der Waals surface area contributed by atoms with Gasteiger partial charge in [-0.05, 0) is 30.7 Å². The number of anilines is 2. The number of benzene rings is 1. The van der Waals surface area contributed by atoms with Gasteiger partial charge in [0, 0.05) is 47.5 Å². The number of hydrogen-bond acceptors (Lipinski definition) is 3. The van der Waals surface area contributed by atoms with Crippen LogP contribution in [0, 0.1) is 0 Å². The van der Waals surface area contributed by atoms with Crippen molar-refractivity contribution < 1.29 is 9.59 Å². The number of fused-ring (bicyclic) bond motifs is 1. The molecule has 95 valence electrons. The first-order valence-corrected chi connectivity index (χ1v) is 5.89. The van der Waals surface area contributed by atoms with Crippen LogP contribution in [-0.4, -0.2) is 65.0 Å². The molecule has 1 radical (unpaired) electrons. The molecule has 1 aromatic carbocycles. The van der Waals surface area contributed by atoms with Crippen LogP contribution in [0.5, 0.6) is 0 Å². The number of hydrogen-bond donors (Lipinski definition) is 3. The second kappa shape index (κ2) is 5.40. The van der Waals surface area contributed by atoms with Gasteiger partial charge in [0.25, 0.3) is 0 Å². The number of rotatable bonds is 1. The van der Waals surface area contributed by atoms with Gasteiger partial charge in [0.2, 0.25) is 5.91 Å². The van der Waals surface area contributed by atoms with Gasteiger partial charge in [-0.15, -0.1) is 0 Å². The molecule has 2 saturated heterocycles. The summed E-state index contributed by atoms with van der Waals surface area (Å²) in [4.78, 5) is 25.0. The van der Waals surface area contributed by atoms with E-state index in [1.807, 2.05) is 0 Å². The van der Waals surface area contributed by atoms with Crippen molar-refractivity contribution in [1.29, 1.82) is 0 Å². The summed E-state index contributed by atoms with van der Waals surface area (Å²) in [7, 11) is 0. The van der Waals surface area contributed by atoms with Crippen LogP contribution in [0.25, 0.3) is 0 Å². The van der Waals surface area contributed by atoms with Gasteiger partial charge >= 0.3 is 6.03 Å². The van der Waals surface area contributed by atoms with Crippen LogP contribution in [0.3, 0.4) is 0 Å². The largest absolute Gasteiger partial charge is 0.399 e. The maximum atomic E-state index is 12.0. The second-order valence-electron chi connectivity index (χ2n) is 4.59. The minimum Gasteiger partial charge on any atom is -0.399 e. The Balaban J connectivity index is 0.00000133. The van der Waals surface area contributed by atoms with E-state index >= 15 is 0 Å². The van der Waals surface area contributed by atoms with Crippen molar-refractivity contribution >= 4 is 52.9 Å². The van der Waals surface area contributed by atoms with Crippen LogP contribution in [0.2, 0.25) is 0 Å². The van der Waals surface area contributed by atoms with Gasteiger partial charge in [-0.2, -0.15) is 0 Å². The number of carbonyl (C=O) groups is 2. The third-order valence-electron chi connectivity index (χ3n) is 3.42. The van der Waals surface area contributed by atoms with E-state index in [-0.39, 0.29) is 53.6 Å². The average Bonchev–Trinajstić information content (AvgIpc) is 2.69. The third-order valence-corrected chi connectivity index (χ3v) is 3.42. The van der Waals surface area contributed by atoms with Crippen LogP contribution >= 0.6 is 0 Å². The Morgan fingerprint density at radius 1 is 1.37 bits per heavy atom. The van der Waals surface area contributed by atoms with Crippen molar-refractivity contribution in [2.75, 3.05) is 17.6 Å². The number of nitrogens with zero attached hydrogens (tertiary/aromatic N) is 1. The fourth-order valence-corrected chi connectivity index (χ4v) is 2.43. The van der Waals surface area contributed by atoms with E-state index in [4.69, 9.17) is 5.73 Å². The molecule has 2 atom stereocenters. The zero-order valence-electron chi connectivity index (χ0n) is 10.7. The fraction of sp³-hybridized carbons (Fsp3) is 0.333. The van der Waals surface area contributed by atoms with Gasteiger partial charge in [0.05, 0.1) is 6.04 Å². The average molecular weight is 269 g/mol. The van der Waals surface area contributed by atoms with Crippen LogP contribution in [0.1, 0.15) is 6.42 Å². The number of amides is 3. The summed E-state index contributed by atoms with van der Waals surface area (Å²) < 4.78 is 0. The van der Waals surface area contributed by atoms with Crippen molar-refractivity contribution in [3.05, 3.63) is 24.3 Å². The first kappa shape index (κ1) is 14.2. The van der Waals surface area contributed by atoms with Crippen molar-refractivity contribution in [2.24, 2.45) is 0 Å². The van der Waals surface area contributed by atoms with Crippen molar-refractivity contribution in [3.8, 4) is 0 Å². The number of likely N-dealkylation sites (tertiary alicyclic amines) is 1. The zero-order chi connectivity index (χ0) is 12.7. The number of carbonyl (C=O) groups excluding carboxylic acids is 2. The van der Waals surface area contributed by atoms with Gasteiger partial charge in [0.1, 0.15) is 6.04 Å². The van der Waals surface area contributed by atoms with Crippen LogP contribution in [-0.2, 0) is 4.79 Å². The van der Waals surface area contributed by atoms with Gasteiger partial charge < -0.3 is 21.3 Å². The number of nitrogen functional groups attached to an aromatic ring is 1. The number of β-lactam (4-membered cyclic amide) rings is 1. The minimum absolute atomic E-state index is 0. The molecule has 6 nitrogen and oxygen atoms in total. The Bertz CT molecular complexity index is 505. The summed E-state index contributed by atoms with van der Waals surface area (Å²) in [5.74, 6) is -0.0649. The molecular formula is C12H14N4NaO2. The Labute approximate surface area is 133 Å². The molecule has 3 amide bonds. The molecule has 19 heavy (non-hydrogen) atoms. The van der Waals surface area contributed by atoms with E-state index < -0.39 is 0 Å². The molecule has 2 aliphatic rings. The molecule has 0 aliphatic carbocycles. The van der Waals surface area contributed by atoms with Crippen LogP contribution in [0.15, 0.2) is 24.3 Å². The first-order valence-electron chi connectivity index (χ1n) is 5.89. The van der Waals surface area contributed by atoms with E-state index in [9.17, 15) is 9.59 Å². The van der Waals surface area contributed by atoms with Crippen LogP contribution in [0.4, 0.5) is 16.2 Å². The van der Waals surface area contributed by atoms with Gasteiger partial charge in [-0.25, -0.2) is 4.79 Å². The molecule has 2 aliphatic heterocycles. The number of urea groups is 1. The molecule has 4 N–H and O–H groups in total. The normalized spacial score (nSPS) is 23.8. The zero-order valence-corrected chi connectivity index (χ0v) is 12.7. The minimum atomic E-state index is -0.293. The van der Waals surface area contributed by atoms with Gasteiger partial charge in [-0.3, -0.25) is 4.79 Å². The van der Waals surface area contributed by atoms with E-state index in [0.29, 0.717) is 17.9 Å². The maximum Gasteiger partial charge on any atom is 0.322 e. The molecule has 0 saturated carbocycles. The topological polar surface area (TPSA) is 87.5 Å². The molecule has 0 aromatic heterocycles. The summed E-state index contributed by atoms with van der Waals surface area (Å²) in [5, 5.41) is 5.55. The molecule has 0 bridgehead atoms. The van der Waals surface area contributed by atoms with Crippen LogP contribution < -0.4 is 16.4 Å². The molecule has 0 unspecified atom stereocenters. The Kier molecular flexibility index (Phi) is 4.03. The summed E-state index contributed by atoms with van der Waals surface area (Å²) in [6, 6.07) is 6.52. The van der Waals surface area contributed by atoms with E-state index in [2.05, 4.69) is 10.6 Å². The predicted octanol–water partition coefficient (Wildman–Crippen LogP) is -0.00740. The Morgan fingerprint density at radius 2 is 2.05 bits per heavy atom. The summed E-state index contributed by atoms with van der Waals surface area (Å²) >= 11 is 0. The summed E-state index contributed by atoms with van der Waals surface area (Å²) in [5.41, 5.74) is 6.90. The fourth-order valence-electron chi connectivity index (χ4n) is 2.43. The molecule has 0 spiro atoms. The second-order valence-corrected chi connectivity index (χ2v) is 4.59. The predicted molar refractivity (Wildman–Crippen MR) is 72.7 cm³/mol.